The molecule has 0 bridgehead atoms. The number of para-hydroxylation sites is 1. The maximum atomic E-state index is 11.7. The monoisotopic (exact) mass is 267 g/mol. The number of esters is 1. The first-order valence-corrected chi connectivity index (χ1v) is 7.11. The Hall–Kier alpha value is -1.16. The van der Waals surface area contributed by atoms with Gasteiger partial charge >= 0.3 is 5.97 Å². The molecule has 0 saturated heterocycles. The number of nitrogens with zero attached hydrogens (tertiary/aromatic N) is 1. The molecule has 0 aromatic heterocycles. The molecule has 18 heavy (non-hydrogen) atoms. The zero-order valence-electron chi connectivity index (χ0n) is 11.5. The first-order chi connectivity index (χ1) is 8.56. The van der Waals surface area contributed by atoms with Crippen molar-refractivity contribution in [2.24, 2.45) is 0 Å². The molecule has 0 radical (unpaired) electrons. The van der Waals surface area contributed by atoms with Crippen LogP contribution >= 0.6 is 11.8 Å². The van der Waals surface area contributed by atoms with Crippen LogP contribution in [0.15, 0.2) is 24.3 Å². The number of ether oxygens (including phenoxy) is 1. The summed E-state index contributed by atoms with van der Waals surface area (Å²) in [7, 11) is 3.41. The van der Waals surface area contributed by atoms with Crippen LogP contribution < -0.4 is 4.90 Å². The second kappa shape index (κ2) is 7.31. The lowest BCUT2D eigenvalue weighted by molar-refractivity contribution is 0.0601. The Morgan fingerprint density at radius 2 is 2.06 bits per heavy atom. The van der Waals surface area contributed by atoms with Crippen molar-refractivity contribution in [3.05, 3.63) is 29.8 Å². The van der Waals surface area contributed by atoms with Gasteiger partial charge in [0, 0.05) is 19.3 Å². The Balaban J connectivity index is 2.72. The second-order valence-electron chi connectivity index (χ2n) is 4.35. The quantitative estimate of drug-likeness (QED) is 0.741. The third-order valence-electron chi connectivity index (χ3n) is 2.60. The summed E-state index contributed by atoms with van der Waals surface area (Å²) < 4.78 is 4.80. The molecule has 0 aliphatic rings. The van der Waals surface area contributed by atoms with Gasteiger partial charge in [0.15, 0.2) is 0 Å². The van der Waals surface area contributed by atoms with E-state index in [2.05, 4.69) is 18.7 Å². The van der Waals surface area contributed by atoms with Crippen LogP contribution in [0, 0.1) is 0 Å². The molecule has 0 unspecified atom stereocenters. The van der Waals surface area contributed by atoms with Gasteiger partial charge in [0.05, 0.1) is 18.4 Å². The summed E-state index contributed by atoms with van der Waals surface area (Å²) in [6.07, 6.45) is 0. The topological polar surface area (TPSA) is 29.5 Å². The maximum absolute atomic E-state index is 11.7. The van der Waals surface area contributed by atoms with Gasteiger partial charge in [-0.1, -0.05) is 26.0 Å². The largest absolute Gasteiger partial charge is 0.465 e. The zero-order valence-corrected chi connectivity index (χ0v) is 12.3. The van der Waals surface area contributed by atoms with E-state index < -0.39 is 0 Å². The van der Waals surface area contributed by atoms with E-state index in [0.29, 0.717) is 10.8 Å². The van der Waals surface area contributed by atoms with E-state index >= 15 is 0 Å². The van der Waals surface area contributed by atoms with Gasteiger partial charge in [0.25, 0.3) is 0 Å². The first-order valence-electron chi connectivity index (χ1n) is 6.06. The molecule has 4 heteroatoms. The SMILES string of the molecule is COC(=O)c1ccccc1N(C)CCSC(C)C. The number of methoxy groups -OCH3 is 1. The van der Waals surface area contributed by atoms with Crippen molar-refractivity contribution in [1.29, 1.82) is 0 Å². The highest BCUT2D eigenvalue weighted by Gasteiger charge is 2.13. The number of carbonyl (C=O) groups is 1. The van der Waals surface area contributed by atoms with E-state index in [0.717, 1.165) is 18.0 Å². The molecule has 0 aliphatic heterocycles. The van der Waals surface area contributed by atoms with Gasteiger partial charge in [-0.25, -0.2) is 4.79 Å². The summed E-state index contributed by atoms with van der Waals surface area (Å²) in [5, 5.41) is 0.634. The van der Waals surface area contributed by atoms with Crippen LogP contribution in [0.2, 0.25) is 0 Å². The molecule has 0 atom stereocenters. The van der Waals surface area contributed by atoms with E-state index in [-0.39, 0.29) is 5.97 Å². The molecule has 0 fully saturated rings. The normalized spacial score (nSPS) is 10.5. The molecular formula is C14H21NO2S. The van der Waals surface area contributed by atoms with Gasteiger partial charge in [-0.2, -0.15) is 11.8 Å². The third kappa shape index (κ3) is 4.26. The van der Waals surface area contributed by atoms with Crippen molar-refractivity contribution in [2.45, 2.75) is 19.1 Å². The van der Waals surface area contributed by atoms with E-state index in [1.807, 2.05) is 37.0 Å². The van der Waals surface area contributed by atoms with Crippen LogP contribution in [0.1, 0.15) is 24.2 Å². The van der Waals surface area contributed by atoms with Crippen LogP contribution in [0.25, 0.3) is 0 Å². The van der Waals surface area contributed by atoms with Crippen LogP contribution in [0.5, 0.6) is 0 Å². The van der Waals surface area contributed by atoms with Crippen molar-refractivity contribution in [2.75, 3.05) is 31.4 Å². The Kier molecular flexibility index (Phi) is 6.05. The Morgan fingerprint density at radius 3 is 2.67 bits per heavy atom. The maximum Gasteiger partial charge on any atom is 0.339 e. The molecule has 0 heterocycles. The Bertz CT molecular complexity index is 393. The summed E-state index contributed by atoms with van der Waals surface area (Å²) in [4.78, 5) is 13.8. The van der Waals surface area contributed by atoms with Gasteiger partial charge in [0.1, 0.15) is 0 Å². The van der Waals surface area contributed by atoms with E-state index in [1.165, 1.54) is 7.11 Å². The lowest BCUT2D eigenvalue weighted by atomic mass is 10.1. The molecule has 0 N–H and O–H groups in total. The first kappa shape index (κ1) is 14.9. The van der Waals surface area contributed by atoms with Crippen molar-refractivity contribution >= 4 is 23.4 Å². The van der Waals surface area contributed by atoms with Crippen LogP contribution in [-0.4, -0.2) is 37.7 Å². The van der Waals surface area contributed by atoms with E-state index in [4.69, 9.17) is 4.74 Å². The summed E-state index contributed by atoms with van der Waals surface area (Å²) in [6.45, 7) is 5.29. The molecule has 0 amide bonds. The van der Waals surface area contributed by atoms with Crippen LogP contribution in [0.4, 0.5) is 5.69 Å². The fourth-order valence-corrected chi connectivity index (χ4v) is 2.49. The van der Waals surface area contributed by atoms with E-state index in [9.17, 15) is 4.79 Å². The number of hydrogen-bond acceptors (Lipinski definition) is 4. The lowest BCUT2D eigenvalue weighted by Gasteiger charge is -2.21. The molecule has 3 nitrogen and oxygen atoms in total. The number of hydrogen-bond donors (Lipinski definition) is 0. The average molecular weight is 267 g/mol. The zero-order chi connectivity index (χ0) is 13.5. The molecule has 1 aromatic rings. The van der Waals surface area contributed by atoms with Gasteiger partial charge in [0.2, 0.25) is 0 Å². The molecule has 0 spiro atoms. The fraction of sp³-hybridized carbons (Fsp3) is 0.500. The molecule has 1 rings (SSSR count). The van der Waals surface area contributed by atoms with Crippen LogP contribution in [0.3, 0.4) is 0 Å². The highest BCUT2D eigenvalue weighted by Crippen LogP contribution is 2.20. The highest BCUT2D eigenvalue weighted by atomic mass is 32.2. The number of rotatable bonds is 6. The van der Waals surface area contributed by atoms with Crippen molar-refractivity contribution < 1.29 is 9.53 Å². The van der Waals surface area contributed by atoms with Crippen molar-refractivity contribution in [1.82, 2.24) is 0 Å². The molecule has 0 saturated carbocycles. The number of benzene rings is 1. The van der Waals surface area contributed by atoms with Crippen LogP contribution in [-0.2, 0) is 4.74 Å². The minimum absolute atomic E-state index is 0.283. The summed E-state index contributed by atoms with van der Waals surface area (Å²) in [5.74, 6) is 0.762. The third-order valence-corrected chi connectivity index (χ3v) is 3.68. The molecule has 1 aromatic carbocycles. The number of thioether (sulfide) groups is 1. The average Bonchev–Trinajstić information content (AvgIpc) is 2.37. The molecular weight excluding hydrogens is 246 g/mol. The summed E-state index contributed by atoms with van der Waals surface area (Å²) in [6, 6.07) is 7.54. The minimum Gasteiger partial charge on any atom is -0.465 e. The predicted octanol–water partition coefficient (Wildman–Crippen LogP) is 3.05. The second-order valence-corrected chi connectivity index (χ2v) is 6.03. The fourth-order valence-electron chi connectivity index (χ4n) is 1.63. The highest BCUT2D eigenvalue weighted by molar-refractivity contribution is 7.99. The van der Waals surface area contributed by atoms with Crippen molar-refractivity contribution in [3.63, 3.8) is 0 Å². The predicted molar refractivity (Wildman–Crippen MR) is 78.6 cm³/mol. The summed E-state index contributed by atoms with van der Waals surface area (Å²) >= 11 is 1.92. The smallest absolute Gasteiger partial charge is 0.339 e. The van der Waals surface area contributed by atoms with Gasteiger partial charge in [-0.3, -0.25) is 0 Å². The van der Waals surface area contributed by atoms with Crippen molar-refractivity contribution in [3.8, 4) is 0 Å². The van der Waals surface area contributed by atoms with Gasteiger partial charge in [-0.05, 0) is 17.4 Å². The Morgan fingerprint density at radius 1 is 1.39 bits per heavy atom. The van der Waals surface area contributed by atoms with Gasteiger partial charge in [-0.15, -0.1) is 0 Å². The number of carbonyl (C=O) groups excluding carboxylic acids is 1. The lowest BCUT2D eigenvalue weighted by Crippen LogP contribution is -2.23. The minimum atomic E-state index is -0.283. The molecule has 100 valence electrons. The standard InChI is InChI=1S/C14H21NO2S/c1-11(2)18-10-9-15(3)13-8-6-5-7-12(13)14(16)17-4/h5-8,11H,9-10H2,1-4H3. The Labute approximate surface area is 114 Å². The van der Waals surface area contributed by atoms with E-state index in [1.54, 1.807) is 6.07 Å². The summed E-state index contributed by atoms with van der Waals surface area (Å²) in [5.41, 5.74) is 1.55. The van der Waals surface area contributed by atoms with Gasteiger partial charge < -0.3 is 9.64 Å². The number of anilines is 1. The molecule has 0 aliphatic carbocycles.